The van der Waals surface area contributed by atoms with E-state index in [1.54, 1.807) is 19.1 Å². The van der Waals surface area contributed by atoms with Crippen LogP contribution in [0.5, 0.6) is 5.75 Å². The number of nitrogens with one attached hydrogen (secondary N) is 1. The summed E-state index contributed by atoms with van der Waals surface area (Å²) in [6, 6.07) is 13.9. The van der Waals surface area contributed by atoms with Crippen LogP contribution < -0.4 is 10.1 Å². The van der Waals surface area contributed by atoms with Crippen molar-refractivity contribution in [2.45, 2.75) is 26.4 Å². The zero-order valence-corrected chi connectivity index (χ0v) is 12.8. The summed E-state index contributed by atoms with van der Waals surface area (Å²) >= 11 is 0. The first-order chi connectivity index (χ1) is 10.5. The SMILES string of the molecule is Cc1cccc(O[C@@H](C)C(=O)NCCc2ccc(F)cc2)c1. The molecule has 0 radical (unpaired) electrons. The van der Waals surface area contributed by atoms with Gasteiger partial charge in [0.1, 0.15) is 11.6 Å². The molecule has 0 aliphatic carbocycles. The summed E-state index contributed by atoms with van der Waals surface area (Å²) in [5.41, 5.74) is 2.07. The van der Waals surface area contributed by atoms with Gasteiger partial charge in [0.25, 0.3) is 5.91 Å². The molecule has 0 unspecified atom stereocenters. The van der Waals surface area contributed by atoms with Crippen molar-refractivity contribution in [3.05, 3.63) is 65.5 Å². The van der Waals surface area contributed by atoms with Crippen molar-refractivity contribution < 1.29 is 13.9 Å². The number of hydrogen-bond donors (Lipinski definition) is 1. The van der Waals surface area contributed by atoms with Crippen molar-refractivity contribution in [3.63, 3.8) is 0 Å². The van der Waals surface area contributed by atoms with E-state index >= 15 is 0 Å². The van der Waals surface area contributed by atoms with Crippen LogP contribution in [0.3, 0.4) is 0 Å². The summed E-state index contributed by atoms with van der Waals surface area (Å²) in [4.78, 5) is 12.0. The van der Waals surface area contributed by atoms with E-state index in [0.29, 0.717) is 18.7 Å². The topological polar surface area (TPSA) is 38.3 Å². The van der Waals surface area contributed by atoms with E-state index in [9.17, 15) is 9.18 Å². The van der Waals surface area contributed by atoms with Crippen LogP contribution in [-0.2, 0) is 11.2 Å². The Hall–Kier alpha value is -2.36. The molecule has 0 saturated heterocycles. The number of halogens is 1. The van der Waals surface area contributed by atoms with Gasteiger partial charge in [0, 0.05) is 6.54 Å². The molecule has 22 heavy (non-hydrogen) atoms. The summed E-state index contributed by atoms with van der Waals surface area (Å²) in [6.07, 6.45) is 0.0958. The van der Waals surface area contributed by atoms with Gasteiger partial charge in [0.05, 0.1) is 0 Å². The molecule has 0 aliphatic rings. The molecule has 4 heteroatoms. The Balaban J connectivity index is 1.77. The Morgan fingerprint density at radius 1 is 1.23 bits per heavy atom. The molecule has 0 aromatic heterocycles. The predicted octanol–water partition coefficient (Wildman–Crippen LogP) is 3.26. The maximum absolute atomic E-state index is 12.8. The molecule has 3 nitrogen and oxygen atoms in total. The summed E-state index contributed by atoms with van der Waals surface area (Å²) < 4.78 is 18.4. The minimum atomic E-state index is -0.560. The number of ether oxygens (including phenoxy) is 1. The van der Waals surface area contributed by atoms with Crippen LogP contribution in [0, 0.1) is 12.7 Å². The highest BCUT2D eigenvalue weighted by Crippen LogP contribution is 2.14. The van der Waals surface area contributed by atoms with E-state index in [1.165, 1.54) is 12.1 Å². The fourth-order valence-electron chi connectivity index (χ4n) is 2.07. The van der Waals surface area contributed by atoms with Crippen molar-refractivity contribution >= 4 is 5.91 Å². The van der Waals surface area contributed by atoms with Crippen LogP contribution in [0.2, 0.25) is 0 Å². The highest BCUT2D eigenvalue weighted by Gasteiger charge is 2.13. The quantitative estimate of drug-likeness (QED) is 0.889. The molecule has 1 N–H and O–H groups in total. The van der Waals surface area contributed by atoms with Gasteiger partial charge in [-0.2, -0.15) is 0 Å². The van der Waals surface area contributed by atoms with Gasteiger partial charge in [-0.3, -0.25) is 4.79 Å². The Bertz CT molecular complexity index is 625. The summed E-state index contributed by atoms with van der Waals surface area (Å²) in [7, 11) is 0. The number of amides is 1. The van der Waals surface area contributed by atoms with Crippen LogP contribution in [0.1, 0.15) is 18.1 Å². The van der Waals surface area contributed by atoms with E-state index in [-0.39, 0.29) is 11.7 Å². The summed E-state index contributed by atoms with van der Waals surface area (Å²) in [5, 5.41) is 2.82. The third-order valence-corrected chi connectivity index (χ3v) is 3.30. The third-order valence-electron chi connectivity index (χ3n) is 3.30. The van der Waals surface area contributed by atoms with Gasteiger partial charge in [0.2, 0.25) is 0 Å². The summed E-state index contributed by atoms with van der Waals surface area (Å²) in [5.74, 6) is 0.262. The molecular weight excluding hydrogens is 281 g/mol. The molecule has 116 valence electrons. The lowest BCUT2D eigenvalue weighted by Crippen LogP contribution is -2.37. The van der Waals surface area contributed by atoms with Gasteiger partial charge in [-0.15, -0.1) is 0 Å². The second-order valence-electron chi connectivity index (χ2n) is 5.24. The fourth-order valence-corrected chi connectivity index (χ4v) is 2.07. The van der Waals surface area contributed by atoms with Gasteiger partial charge >= 0.3 is 0 Å². The van der Waals surface area contributed by atoms with Crippen molar-refractivity contribution in [3.8, 4) is 5.75 Å². The van der Waals surface area contributed by atoms with Crippen LogP contribution in [0.25, 0.3) is 0 Å². The Labute approximate surface area is 130 Å². The second-order valence-corrected chi connectivity index (χ2v) is 5.24. The van der Waals surface area contributed by atoms with Crippen LogP contribution >= 0.6 is 0 Å². The number of hydrogen-bond acceptors (Lipinski definition) is 2. The fraction of sp³-hybridized carbons (Fsp3) is 0.278. The third kappa shape index (κ3) is 4.88. The summed E-state index contributed by atoms with van der Waals surface area (Å²) in [6.45, 7) is 4.18. The van der Waals surface area contributed by atoms with Gasteiger partial charge in [-0.05, 0) is 55.7 Å². The largest absolute Gasteiger partial charge is 0.481 e. The molecule has 2 aromatic rings. The zero-order valence-electron chi connectivity index (χ0n) is 12.8. The highest BCUT2D eigenvalue weighted by molar-refractivity contribution is 5.80. The van der Waals surface area contributed by atoms with Gasteiger partial charge in [-0.25, -0.2) is 4.39 Å². The number of rotatable bonds is 6. The normalized spacial score (nSPS) is 11.8. The number of benzene rings is 2. The average molecular weight is 301 g/mol. The van der Waals surface area contributed by atoms with E-state index in [0.717, 1.165) is 11.1 Å². The first-order valence-electron chi connectivity index (χ1n) is 7.30. The maximum Gasteiger partial charge on any atom is 0.260 e. The molecular formula is C18H20FNO2. The zero-order chi connectivity index (χ0) is 15.9. The van der Waals surface area contributed by atoms with Gasteiger partial charge in [-0.1, -0.05) is 24.3 Å². The maximum atomic E-state index is 12.8. The molecule has 0 fully saturated rings. The van der Waals surface area contributed by atoms with E-state index in [2.05, 4.69) is 5.32 Å². The molecule has 0 saturated carbocycles. The lowest BCUT2D eigenvalue weighted by Gasteiger charge is -2.15. The molecule has 0 spiro atoms. The van der Waals surface area contributed by atoms with Crippen LogP contribution in [-0.4, -0.2) is 18.6 Å². The molecule has 2 aromatic carbocycles. The molecule has 0 heterocycles. The number of aryl methyl sites for hydroxylation is 1. The highest BCUT2D eigenvalue weighted by atomic mass is 19.1. The first-order valence-corrected chi connectivity index (χ1v) is 7.30. The molecule has 1 amide bonds. The van der Waals surface area contributed by atoms with E-state index < -0.39 is 6.10 Å². The smallest absolute Gasteiger partial charge is 0.260 e. The number of carbonyl (C=O) groups excluding carboxylic acids is 1. The second kappa shape index (κ2) is 7.59. The van der Waals surface area contributed by atoms with Crippen molar-refractivity contribution in [2.24, 2.45) is 0 Å². The number of carbonyl (C=O) groups is 1. The first kappa shape index (κ1) is 16.0. The Kier molecular flexibility index (Phi) is 5.53. The molecule has 1 atom stereocenters. The van der Waals surface area contributed by atoms with Crippen LogP contribution in [0.4, 0.5) is 4.39 Å². The lowest BCUT2D eigenvalue weighted by molar-refractivity contribution is -0.127. The Morgan fingerprint density at radius 3 is 2.64 bits per heavy atom. The Morgan fingerprint density at radius 2 is 1.95 bits per heavy atom. The van der Waals surface area contributed by atoms with Gasteiger partial charge < -0.3 is 10.1 Å². The monoisotopic (exact) mass is 301 g/mol. The molecule has 0 aliphatic heterocycles. The minimum absolute atomic E-state index is 0.163. The van der Waals surface area contributed by atoms with Crippen molar-refractivity contribution in [1.29, 1.82) is 0 Å². The van der Waals surface area contributed by atoms with Crippen molar-refractivity contribution in [1.82, 2.24) is 5.32 Å². The average Bonchev–Trinajstić information content (AvgIpc) is 2.49. The molecule has 0 bridgehead atoms. The van der Waals surface area contributed by atoms with Crippen LogP contribution in [0.15, 0.2) is 48.5 Å². The van der Waals surface area contributed by atoms with Crippen molar-refractivity contribution in [2.75, 3.05) is 6.54 Å². The predicted molar refractivity (Wildman–Crippen MR) is 84.4 cm³/mol. The van der Waals surface area contributed by atoms with E-state index in [4.69, 9.17) is 4.74 Å². The minimum Gasteiger partial charge on any atom is -0.481 e. The standard InChI is InChI=1S/C18H20FNO2/c1-13-4-3-5-17(12-13)22-14(2)18(21)20-11-10-15-6-8-16(19)9-7-15/h3-9,12,14H,10-11H2,1-2H3,(H,20,21)/t14-/m0/s1. The van der Waals surface area contributed by atoms with Gasteiger partial charge in [0.15, 0.2) is 6.10 Å². The van der Waals surface area contributed by atoms with E-state index in [1.807, 2.05) is 31.2 Å². The molecule has 2 rings (SSSR count). The lowest BCUT2D eigenvalue weighted by atomic mass is 10.1.